The van der Waals surface area contributed by atoms with Gasteiger partial charge in [0.2, 0.25) is 0 Å². The van der Waals surface area contributed by atoms with Crippen molar-refractivity contribution in [2.75, 3.05) is 10.6 Å². The summed E-state index contributed by atoms with van der Waals surface area (Å²) in [6, 6.07) is 10.4. The van der Waals surface area contributed by atoms with E-state index in [0.29, 0.717) is 17.3 Å². The fourth-order valence-electron chi connectivity index (χ4n) is 2.65. The minimum Gasteiger partial charge on any atom is -0.322 e. The largest absolute Gasteiger partial charge is 0.416 e. The molecule has 5 nitrogen and oxygen atoms in total. The van der Waals surface area contributed by atoms with Gasteiger partial charge in [-0.2, -0.15) is 13.2 Å². The zero-order chi connectivity index (χ0) is 21.9. The first-order chi connectivity index (χ1) is 14.1. The highest BCUT2D eigenvalue weighted by Gasteiger charge is 2.31. The molecule has 0 spiro atoms. The smallest absolute Gasteiger partial charge is 0.322 e. The van der Waals surface area contributed by atoms with Gasteiger partial charge < -0.3 is 10.6 Å². The Morgan fingerprint density at radius 3 is 2.30 bits per heavy atom. The van der Waals surface area contributed by atoms with Gasteiger partial charge in [0.25, 0.3) is 11.8 Å². The first-order valence-corrected chi connectivity index (χ1v) is 9.03. The molecule has 1 heterocycles. The number of alkyl halides is 3. The van der Waals surface area contributed by atoms with Crippen molar-refractivity contribution in [3.05, 3.63) is 88.2 Å². The van der Waals surface area contributed by atoms with Crippen LogP contribution >= 0.6 is 11.6 Å². The fraction of sp³-hybridized carbons (Fsp3) is 0.0952. The van der Waals surface area contributed by atoms with Gasteiger partial charge in [-0.15, -0.1) is 0 Å². The topological polar surface area (TPSA) is 71.1 Å². The summed E-state index contributed by atoms with van der Waals surface area (Å²) in [7, 11) is 0. The highest BCUT2D eigenvalue weighted by Crippen LogP contribution is 2.32. The standard InChI is InChI=1S/C21H15ClF3N3O2/c1-12-4-6-14(10-16(12)19(29)28-15-3-2-8-26-11-15)27-20(30)17-9-13(21(23,24)25)5-7-18(17)22/h2-11H,1H3,(H,27,30)(H,28,29). The normalized spacial score (nSPS) is 11.1. The maximum Gasteiger partial charge on any atom is 0.416 e. The van der Waals surface area contributed by atoms with E-state index in [4.69, 9.17) is 11.6 Å². The van der Waals surface area contributed by atoms with Crippen LogP contribution in [0.15, 0.2) is 60.9 Å². The predicted octanol–water partition coefficient (Wildman–Crippen LogP) is 5.57. The number of aromatic nitrogens is 1. The number of aryl methyl sites for hydroxylation is 1. The number of carbonyl (C=O) groups excluding carboxylic acids is 2. The van der Waals surface area contributed by atoms with Crippen LogP contribution in [0.25, 0.3) is 0 Å². The molecule has 2 aromatic carbocycles. The number of nitrogens with one attached hydrogen (secondary N) is 2. The van der Waals surface area contributed by atoms with Crippen LogP contribution in [0.4, 0.5) is 24.5 Å². The van der Waals surface area contributed by atoms with Crippen LogP contribution in [0.3, 0.4) is 0 Å². The van der Waals surface area contributed by atoms with Gasteiger partial charge in [-0.3, -0.25) is 14.6 Å². The molecule has 30 heavy (non-hydrogen) atoms. The Balaban J connectivity index is 1.83. The van der Waals surface area contributed by atoms with Gasteiger partial charge in [0, 0.05) is 17.4 Å². The molecule has 0 fully saturated rings. The number of carbonyl (C=O) groups is 2. The number of amides is 2. The van der Waals surface area contributed by atoms with E-state index < -0.39 is 23.6 Å². The summed E-state index contributed by atoms with van der Waals surface area (Å²) in [5.74, 6) is -1.25. The first kappa shape index (κ1) is 21.3. The minimum absolute atomic E-state index is 0.123. The number of pyridine rings is 1. The Morgan fingerprint density at radius 2 is 1.63 bits per heavy atom. The molecule has 0 aliphatic carbocycles. The number of benzene rings is 2. The second-order valence-corrected chi connectivity index (χ2v) is 6.78. The monoisotopic (exact) mass is 433 g/mol. The lowest BCUT2D eigenvalue weighted by Gasteiger charge is -2.13. The Morgan fingerprint density at radius 1 is 0.933 bits per heavy atom. The summed E-state index contributed by atoms with van der Waals surface area (Å²) in [6.07, 6.45) is -1.56. The van der Waals surface area contributed by atoms with Crippen molar-refractivity contribution >= 4 is 34.8 Å². The fourth-order valence-corrected chi connectivity index (χ4v) is 2.86. The van der Waals surface area contributed by atoms with E-state index >= 15 is 0 Å². The third kappa shape index (κ3) is 4.96. The summed E-state index contributed by atoms with van der Waals surface area (Å²) in [6.45, 7) is 1.72. The predicted molar refractivity (Wildman–Crippen MR) is 108 cm³/mol. The number of hydrogen-bond donors (Lipinski definition) is 2. The average Bonchev–Trinajstić information content (AvgIpc) is 2.69. The lowest BCUT2D eigenvalue weighted by molar-refractivity contribution is -0.137. The van der Waals surface area contributed by atoms with Gasteiger partial charge in [-0.05, 0) is 55.0 Å². The van der Waals surface area contributed by atoms with Gasteiger partial charge in [0.1, 0.15) is 0 Å². The maximum absolute atomic E-state index is 12.9. The van der Waals surface area contributed by atoms with Crippen molar-refractivity contribution in [3.8, 4) is 0 Å². The number of anilines is 2. The minimum atomic E-state index is -4.61. The zero-order valence-electron chi connectivity index (χ0n) is 15.5. The van der Waals surface area contributed by atoms with Gasteiger partial charge >= 0.3 is 6.18 Å². The molecule has 2 amide bonds. The number of halogens is 4. The number of rotatable bonds is 4. The van der Waals surface area contributed by atoms with Gasteiger partial charge in [0.15, 0.2) is 0 Å². The molecule has 0 unspecified atom stereocenters. The van der Waals surface area contributed by atoms with Crippen molar-refractivity contribution in [1.29, 1.82) is 0 Å². The average molecular weight is 434 g/mol. The molecule has 0 atom stereocenters. The Kier molecular flexibility index (Phi) is 6.07. The van der Waals surface area contributed by atoms with E-state index in [1.54, 1.807) is 31.3 Å². The first-order valence-electron chi connectivity index (χ1n) is 8.65. The van der Waals surface area contributed by atoms with Crippen LogP contribution < -0.4 is 10.6 Å². The molecule has 0 aliphatic rings. The van der Waals surface area contributed by atoms with Crippen molar-refractivity contribution in [1.82, 2.24) is 4.98 Å². The van der Waals surface area contributed by atoms with Crippen LogP contribution in [0.2, 0.25) is 5.02 Å². The summed E-state index contributed by atoms with van der Waals surface area (Å²) < 4.78 is 38.8. The van der Waals surface area contributed by atoms with Crippen molar-refractivity contribution in [3.63, 3.8) is 0 Å². The molecule has 0 radical (unpaired) electrons. The molecule has 1 aromatic heterocycles. The molecule has 2 N–H and O–H groups in total. The molecular weight excluding hydrogens is 419 g/mol. The van der Waals surface area contributed by atoms with Crippen LogP contribution in [0.5, 0.6) is 0 Å². The lowest BCUT2D eigenvalue weighted by Crippen LogP contribution is -2.17. The lowest BCUT2D eigenvalue weighted by atomic mass is 10.1. The third-order valence-electron chi connectivity index (χ3n) is 4.20. The van der Waals surface area contributed by atoms with Crippen molar-refractivity contribution < 1.29 is 22.8 Å². The van der Waals surface area contributed by atoms with E-state index in [9.17, 15) is 22.8 Å². The summed E-state index contributed by atoms with van der Waals surface area (Å²) in [5, 5.41) is 5.04. The van der Waals surface area contributed by atoms with Gasteiger partial charge in [-0.25, -0.2) is 0 Å². The van der Waals surface area contributed by atoms with Crippen LogP contribution in [-0.4, -0.2) is 16.8 Å². The SMILES string of the molecule is Cc1ccc(NC(=O)c2cc(C(F)(F)F)ccc2Cl)cc1C(=O)Nc1cccnc1. The molecule has 3 rings (SSSR count). The molecule has 9 heteroatoms. The van der Waals surface area contributed by atoms with E-state index in [0.717, 1.165) is 12.1 Å². The molecule has 0 saturated heterocycles. The van der Waals surface area contributed by atoms with Crippen molar-refractivity contribution in [2.45, 2.75) is 13.1 Å². The van der Waals surface area contributed by atoms with Gasteiger partial charge in [0.05, 0.1) is 28.0 Å². The summed E-state index contributed by atoms with van der Waals surface area (Å²) in [5.41, 5.74) is 0.340. The highest BCUT2D eigenvalue weighted by molar-refractivity contribution is 6.34. The van der Waals surface area contributed by atoms with Crippen LogP contribution in [0, 0.1) is 6.92 Å². The van der Waals surface area contributed by atoms with Crippen molar-refractivity contribution in [2.24, 2.45) is 0 Å². The summed E-state index contributed by atoms with van der Waals surface area (Å²) in [4.78, 5) is 29.0. The molecule has 3 aromatic rings. The second-order valence-electron chi connectivity index (χ2n) is 6.37. The van der Waals surface area contributed by atoms with E-state index in [-0.39, 0.29) is 21.8 Å². The van der Waals surface area contributed by atoms with E-state index in [1.807, 2.05) is 0 Å². The van der Waals surface area contributed by atoms with E-state index in [2.05, 4.69) is 15.6 Å². The number of hydrogen-bond acceptors (Lipinski definition) is 3. The zero-order valence-corrected chi connectivity index (χ0v) is 16.3. The molecule has 0 saturated carbocycles. The molecular formula is C21H15ClF3N3O2. The summed E-state index contributed by atoms with van der Waals surface area (Å²) >= 11 is 5.91. The second kappa shape index (κ2) is 8.54. The highest BCUT2D eigenvalue weighted by atomic mass is 35.5. The Hall–Kier alpha value is -3.39. The van der Waals surface area contributed by atoms with Crippen LogP contribution in [-0.2, 0) is 6.18 Å². The number of nitrogens with zero attached hydrogens (tertiary/aromatic N) is 1. The Bertz CT molecular complexity index is 1100. The Labute approximate surface area is 174 Å². The third-order valence-corrected chi connectivity index (χ3v) is 4.53. The molecule has 154 valence electrons. The van der Waals surface area contributed by atoms with Crippen LogP contribution in [0.1, 0.15) is 31.8 Å². The quantitative estimate of drug-likeness (QED) is 0.565. The molecule has 0 bridgehead atoms. The maximum atomic E-state index is 12.9. The molecule has 0 aliphatic heterocycles. The van der Waals surface area contributed by atoms with E-state index in [1.165, 1.54) is 18.3 Å². The van der Waals surface area contributed by atoms with Gasteiger partial charge in [-0.1, -0.05) is 17.7 Å².